The summed E-state index contributed by atoms with van der Waals surface area (Å²) in [4.78, 5) is 9.06. The highest BCUT2D eigenvalue weighted by molar-refractivity contribution is 6.33. The van der Waals surface area contributed by atoms with E-state index in [1.807, 2.05) is 29.1 Å². The van der Waals surface area contributed by atoms with Crippen LogP contribution in [0, 0.1) is 0 Å². The van der Waals surface area contributed by atoms with Crippen molar-refractivity contribution in [2.45, 2.75) is 25.5 Å². The minimum Gasteiger partial charge on any atom is -0.357 e. The van der Waals surface area contributed by atoms with Gasteiger partial charge in [-0.05, 0) is 31.4 Å². The van der Waals surface area contributed by atoms with Crippen molar-refractivity contribution in [2.75, 3.05) is 6.61 Å². The van der Waals surface area contributed by atoms with Crippen LogP contribution in [0.25, 0.3) is 22.3 Å². The van der Waals surface area contributed by atoms with E-state index in [1.54, 1.807) is 12.4 Å². The van der Waals surface area contributed by atoms with Gasteiger partial charge in [0.05, 0.1) is 29.1 Å². The van der Waals surface area contributed by atoms with Gasteiger partial charge in [0.15, 0.2) is 0 Å². The highest BCUT2D eigenvalue weighted by Gasteiger charge is 2.17. The lowest BCUT2D eigenvalue weighted by molar-refractivity contribution is -0.0394. The third-order valence-electron chi connectivity index (χ3n) is 3.91. The number of hydrogen-bond donors (Lipinski definition) is 0. The Kier molecular flexibility index (Phi) is 3.38. The van der Waals surface area contributed by atoms with Crippen LogP contribution in [0.3, 0.4) is 0 Å². The molecular formula is C16H15BN4O. The van der Waals surface area contributed by atoms with E-state index < -0.39 is 0 Å². The Labute approximate surface area is 129 Å². The van der Waals surface area contributed by atoms with E-state index in [4.69, 9.17) is 12.6 Å². The Bertz CT molecular complexity index is 811. The lowest BCUT2D eigenvalue weighted by Gasteiger charge is -2.22. The van der Waals surface area contributed by atoms with Crippen molar-refractivity contribution in [1.29, 1.82) is 0 Å². The maximum Gasteiger partial charge on any atom is 0.150 e. The molecule has 0 aliphatic carbocycles. The monoisotopic (exact) mass is 290 g/mol. The SMILES string of the molecule is [B]c1ccc2ncc(-c3cnn(C4CCCCO4)c3)nc2c1. The molecular weight excluding hydrogens is 275 g/mol. The summed E-state index contributed by atoms with van der Waals surface area (Å²) in [5, 5.41) is 4.41. The molecule has 6 heteroatoms. The fourth-order valence-electron chi connectivity index (χ4n) is 2.73. The molecule has 1 aliphatic rings. The molecule has 0 spiro atoms. The average molecular weight is 290 g/mol. The molecule has 22 heavy (non-hydrogen) atoms. The van der Waals surface area contributed by atoms with E-state index in [0.29, 0.717) is 5.46 Å². The Balaban J connectivity index is 1.68. The molecule has 0 N–H and O–H groups in total. The fourth-order valence-corrected chi connectivity index (χ4v) is 2.73. The van der Waals surface area contributed by atoms with E-state index in [0.717, 1.165) is 41.7 Å². The largest absolute Gasteiger partial charge is 0.357 e. The zero-order valence-electron chi connectivity index (χ0n) is 12.1. The van der Waals surface area contributed by atoms with Crippen LogP contribution in [0.5, 0.6) is 0 Å². The van der Waals surface area contributed by atoms with Crippen LogP contribution < -0.4 is 5.46 Å². The summed E-state index contributed by atoms with van der Waals surface area (Å²) in [5.74, 6) is 0. The van der Waals surface area contributed by atoms with Crippen LogP contribution in [0.4, 0.5) is 0 Å². The van der Waals surface area contributed by atoms with Gasteiger partial charge in [0.2, 0.25) is 0 Å². The molecule has 1 atom stereocenters. The third kappa shape index (κ3) is 2.50. The van der Waals surface area contributed by atoms with Gasteiger partial charge in [0.1, 0.15) is 14.1 Å². The molecule has 0 saturated carbocycles. The molecule has 3 heterocycles. The number of hydrogen-bond acceptors (Lipinski definition) is 4. The Morgan fingerprint density at radius 3 is 3.00 bits per heavy atom. The van der Waals surface area contributed by atoms with Crippen LogP contribution in [-0.2, 0) is 4.74 Å². The molecule has 2 aromatic heterocycles. The van der Waals surface area contributed by atoms with Gasteiger partial charge in [0.25, 0.3) is 0 Å². The summed E-state index contributed by atoms with van der Waals surface area (Å²) in [6.45, 7) is 0.801. The van der Waals surface area contributed by atoms with Crippen LogP contribution in [0.2, 0.25) is 0 Å². The van der Waals surface area contributed by atoms with Crippen molar-refractivity contribution in [3.05, 3.63) is 36.8 Å². The molecule has 1 saturated heterocycles. The number of nitrogens with zero attached hydrogens (tertiary/aromatic N) is 4. The van der Waals surface area contributed by atoms with Crippen molar-refractivity contribution in [3.63, 3.8) is 0 Å². The minimum absolute atomic E-state index is 0.0339. The predicted molar refractivity (Wildman–Crippen MR) is 85.0 cm³/mol. The summed E-state index contributed by atoms with van der Waals surface area (Å²) >= 11 is 0. The normalized spacial score (nSPS) is 18.6. The maximum atomic E-state index is 5.81. The van der Waals surface area contributed by atoms with Gasteiger partial charge in [-0.15, -0.1) is 0 Å². The first-order chi connectivity index (χ1) is 10.8. The van der Waals surface area contributed by atoms with E-state index in [1.165, 1.54) is 6.42 Å². The van der Waals surface area contributed by atoms with Gasteiger partial charge in [-0.3, -0.25) is 4.98 Å². The van der Waals surface area contributed by atoms with Gasteiger partial charge < -0.3 is 4.74 Å². The lowest BCUT2D eigenvalue weighted by Crippen LogP contribution is -2.18. The molecule has 0 bridgehead atoms. The van der Waals surface area contributed by atoms with Gasteiger partial charge in [0, 0.05) is 18.4 Å². The molecule has 1 aromatic carbocycles. The minimum atomic E-state index is 0.0339. The van der Waals surface area contributed by atoms with E-state index in [9.17, 15) is 0 Å². The molecule has 4 rings (SSSR count). The topological polar surface area (TPSA) is 52.8 Å². The van der Waals surface area contributed by atoms with E-state index in [2.05, 4.69) is 15.1 Å². The van der Waals surface area contributed by atoms with Gasteiger partial charge in [-0.1, -0.05) is 11.5 Å². The second-order valence-corrected chi connectivity index (χ2v) is 5.53. The van der Waals surface area contributed by atoms with Crippen molar-refractivity contribution in [2.24, 2.45) is 0 Å². The fraction of sp³-hybridized carbons (Fsp3) is 0.312. The average Bonchev–Trinajstić information content (AvgIpc) is 3.05. The number of rotatable bonds is 2. The van der Waals surface area contributed by atoms with Crippen LogP contribution in [-0.4, -0.2) is 34.2 Å². The smallest absolute Gasteiger partial charge is 0.150 e. The molecule has 0 amide bonds. The first kappa shape index (κ1) is 13.5. The van der Waals surface area contributed by atoms with Crippen LogP contribution in [0.15, 0.2) is 36.8 Å². The molecule has 1 aliphatic heterocycles. The molecule has 3 aromatic rings. The van der Waals surface area contributed by atoms with Crippen LogP contribution in [0.1, 0.15) is 25.5 Å². The number of aromatic nitrogens is 4. The lowest BCUT2D eigenvalue weighted by atomic mass is 9.96. The number of ether oxygens (including phenoxy) is 1. The Morgan fingerprint density at radius 2 is 2.14 bits per heavy atom. The first-order valence-corrected chi connectivity index (χ1v) is 7.48. The molecule has 108 valence electrons. The van der Waals surface area contributed by atoms with Crippen molar-refractivity contribution in [3.8, 4) is 11.3 Å². The number of benzene rings is 1. The zero-order valence-corrected chi connectivity index (χ0v) is 12.1. The second kappa shape index (κ2) is 5.53. The Morgan fingerprint density at radius 1 is 1.18 bits per heavy atom. The Hall–Kier alpha value is -2.21. The highest BCUT2D eigenvalue weighted by Crippen LogP contribution is 2.24. The molecule has 5 nitrogen and oxygen atoms in total. The van der Waals surface area contributed by atoms with Gasteiger partial charge >= 0.3 is 0 Å². The maximum absolute atomic E-state index is 5.81. The summed E-state index contributed by atoms with van der Waals surface area (Å²) in [6.07, 6.45) is 8.88. The molecule has 1 unspecified atom stereocenters. The molecule has 1 fully saturated rings. The van der Waals surface area contributed by atoms with Crippen molar-refractivity contribution >= 4 is 24.3 Å². The van der Waals surface area contributed by atoms with E-state index in [-0.39, 0.29) is 6.23 Å². The standard InChI is InChI=1S/C16H15BN4O/c17-12-4-5-13-14(7-12)20-15(9-18-13)11-8-19-21(10-11)16-3-1-2-6-22-16/h4-5,7-10,16H,1-3,6H2. The molecule has 2 radical (unpaired) electrons. The first-order valence-electron chi connectivity index (χ1n) is 7.48. The quantitative estimate of drug-likeness (QED) is 0.677. The second-order valence-electron chi connectivity index (χ2n) is 5.53. The third-order valence-corrected chi connectivity index (χ3v) is 3.91. The van der Waals surface area contributed by atoms with Gasteiger partial charge in [-0.25, -0.2) is 9.67 Å². The predicted octanol–water partition coefficient (Wildman–Crippen LogP) is 1.99. The van der Waals surface area contributed by atoms with Gasteiger partial charge in [-0.2, -0.15) is 5.10 Å². The summed E-state index contributed by atoms with van der Waals surface area (Å²) < 4.78 is 7.62. The summed E-state index contributed by atoms with van der Waals surface area (Å²) in [5.41, 5.74) is 4.04. The van der Waals surface area contributed by atoms with E-state index >= 15 is 0 Å². The summed E-state index contributed by atoms with van der Waals surface area (Å²) in [6, 6.07) is 5.54. The zero-order chi connectivity index (χ0) is 14.9. The van der Waals surface area contributed by atoms with Crippen LogP contribution >= 0.6 is 0 Å². The van der Waals surface area contributed by atoms with Crippen molar-refractivity contribution in [1.82, 2.24) is 19.7 Å². The highest BCUT2D eigenvalue weighted by atomic mass is 16.5. The number of fused-ring (bicyclic) bond motifs is 1. The summed E-state index contributed by atoms with van der Waals surface area (Å²) in [7, 11) is 5.81. The van der Waals surface area contributed by atoms with Crippen molar-refractivity contribution < 1.29 is 4.74 Å².